The van der Waals surface area contributed by atoms with Gasteiger partial charge in [0.15, 0.2) is 5.13 Å². The first-order valence-electron chi connectivity index (χ1n) is 9.37. The Morgan fingerprint density at radius 3 is 2.65 bits per heavy atom. The van der Waals surface area contributed by atoms with Crippen molar-refractivity contribution in [3.8, 4) is 22.6 Å². The number of nitrogens with zero attached hydrogens (tertiary/aromatic N) is 4. The number of aromatic nitrogens is 4. The van der Waals surface area contributed by atoms with Gasteiger partial charge in [-0.1, -0.05) is 6.07 Å². The van der Waals surface area contributed by atoms with Crippen LogP contribution in [0.25, 0.3) is 22.6 Å². The molecule has 0 atom stereocenters. The first-order valence-corrected chi connectivity index (χ1v) is 10.2. The van der Waals surface area contributed by atoms with Crippen LogP contribution in [0.2, 0.25) is 0 Å². The van der Waals surface area contributed by atoms with Crippen molar-refractivity contribution in [1.82, 2.24) is 24.8 Å². The number of amides is 1. The monoisotopic (exact) mass is 430 g/mol. The second kappa shape index (κ2) is 9.17. The molecule has 9 heteroatoms. The highest BCUT2D eigenvalue weighted by molar-refractivity contribution is 7.14. The summed E-state index contributed by atoms with van der Waals surface area (Å²) in [6.45, 7) is 0.0158. The maximum Gasteiger partial charge on any atom is 0.253 e. The van der Waals surface area contributed by atoms with E-state index in [2.05, 4.69) is 25.6 Å². The Morgan fingerprint density at radius 2 is 1.90 bits per heavy atom. The Kier molecular flexibility index (Phi) is 5.98. The molecule has 0 unspecified atom stereocenters. The van der Waals surface area contributed by atoms with Crippen LogP contribution in [0.1, 0.15) is 10.4 Å². The Bertz CT molecular complexity index is 1260. The summed E-state index contributed by atoms with van der Waals surface area (Å²) in [7, 11) is 1.83. The Labute approximate surface area is 182 Å². The fourth-order valence-electron chi connectivity index (χ4n) is 2.85. The Balaban J connectivity index is 1.42. The normalized spacial score (nSPS) is 10.4. The van der Waals surface area contributed by atoms with Gasteiger partial charge in [0.25, 0.3) is 5.91 Å². The van der Waals surface area contributed by atoms with Crippen LogP contribution in [0.3, 0.4) is 0 Å². The summed E-state index contributed by atoms with van der Waals surface area (Å²) < 4.78 is 1.78. The van der Waals surface area contributed by atoms with E-state index >= 15 is 0 Å². The molecule has 0 saturated carbocycles. The van der Waals surface area contributed by atoms with Crippen LogP contribution in [-0.4, -0.2) is 37.9 Å². The van der Waals surface area contributed by atoms with Crippen LogP contribution in [0.15, 0.2) is 72.3 Å². The van der Waals surface area contributed by atoms with Crippen molar-refractivity contribution in [2.45, 2.75) is 0 Å². The molecule has 4 rings (SSSR count). The molecule has 0 aliphatic heterocycles. The Morgan fingerprint density at radius 1 is 1.10 bits per heavy atom. The third-order valence-electron chi connectivity index (χ3n) is 4.39. The summed E-state index contributed by atoms with van der Waals surface area (Å²) in [6, 6.07) is 11.2. The molecule has 2 N–H and O–H groups in total. The van der Waals surface area contributed by atoms with E-state index in [1.54, 1.807) is 35.4 Å². The van der Waals surface area contributed by atoms with Crippen LogP contribution in [0.4, 0.5) is 5.13 Å². The summed E-state index contributed by atoms with van der Waals surface area (Å²) in [4.78, 5) is 36.7. The molecule has 1 amide bonds. The van der Waals surface area contributed by atoms with Gasteiger partial charge in [-0.3, -0.25) is 9.78 Å². The average Bonchev–Trinajstić information content (AvgIpc) is 3.46. The lowest BCUT2D eigenvalue weighted by Crippen LogP contribution is -2.27. The van der Waals surface area contributed by atoms with Crippen LogP contribution in [0.5, 0.6) is 0 Å². The molecular formula is C22H18N6O2S. The number of anilines is 1. The van der Waals surface area contributed by atoms with Crippen molar-refractivity contribution in [3.63, 3.8) is 0 Å². The van der Waals surface area contributed by atoms with Crippen LogP contribution >= 0.6 is 11.3 Å². The molecule has 154 valence electrons. The molecular weight excluding hydrogens is 412 g/mol. The molecule has 0 saturated heterocycles. The third kappa shape index (κ3) is 4.92. The minimum absolute atomic E-state index is 0.0158. The van der Waals surface area contributed by atoms with Gasteiger partial charge in [-0.2, -0.15) is 0 Å². The number of pyridine rings is 2. The second-order valence-corrected chi connectivity index (χ2v) is 7.49. The zero-order valence-electron chi connectivity index (χ0n) is 16.6. The minimum Gasteiger partial charge on any atom is -0.356 e. The number of carbonyl (C=O) groups excluding carboxylic acids is 2. The van der Waals surface area contributed by atoms with Crippen molar-refractivity contribution in [1.29, 1.82) is 0 Å². The highest BCUT2D eigenvalue weighted by atomic mass is 32.1. The van der Waals surface area contributed by atoms with Crippen LogP contribution in [-0.2, 0) is 11.8 Å². The molecule has 8 nitrogen and oxygen atoms in total. The highest BCUT2D eigenvalue weighted by Crippen LogP contribution is 2.26. The van der Waals surface area contributed by atoms with E-state index < -0.39 is 0 Å². The summed E-state index contributed by atoms with van der Waals surface area (Å²) in [5, 5.41) is 7.98. The van der Waals surface area contributed by atoms with Crippen molar-refractivity contribution >= 4 is 28.3 Å². The first-order chi connectivity index (χ1) is 15.1. The van der Waals surface area contributed by atoms with Gasteiger partial charge in [0, 0.05) is 42.8 Å². The number of aryl methyl sites for hydroxylation is 1. The fourth-order valence-corrected chi connectivity index (χ4v) is 3.58. The summed E-state index contributed by atoms with van der Waals surface area (Å²) in [6.07, 6.45) is 6.92. The zero-order chi connectivity index (χ0) is 21.6. The molecule has 4 aromatic heterocycles. The number of nitrogens with one attached hydrogen (secondary N) is 2. The molecule has 4 heterocycles. The van der Waals surface area contributed by atoms with Crippen molar-refractivity contribution in [2.75, 3.05) is 11.9 Å². The molecule has 0 aromatic carbocycles. The maximum absolute atomic E-state index is 12.1. The molecule has 0 bridgehead atoms. The Hall–Kier alpha value is -4.07. The quantitative estimate of drug-likeness (QED) is 0.437. The topological polar surface area (TPSA) is 102 Å². The van der Waals surface area contributed by atoms with Gasteiger partial charge >= 0.3 is 0 Å². The number of hydrogen-bond acceptors (Lipinski definition) is 7. The summed E-state index contributed by atoms with van der Waals surface area (Å²) in [5.41, 5.74) is 3.88. The van der Waals surface area contributed by atoms with E-state index in [0.717, 1.165) is 11.3 Å². The van der Waals surface area contributed by atoms with E-state index in [1.807, 2.05) is 48.7 Å². The minimum atomic E-state index is -0.271. The van der Waals surface area contributed by atoms with Crippen LogP contribution in [0, 0.1) is 0 Å². The molecule has 31 heavy (non-hydrogen) atoms. The smallest absolute Gasteiger partial charge is 0.253 e. The van der Waals surface area contributed by atoms with Gasteiger partial charge in [0.2, 0.25) is 0 Å². The van der Waals surface area contributed by atoms with Crippen molar-refractivity contribution < 1.29 is 9.59 Å². The molecule has 4 aromatic rings. The first kappa shape index (κ1) is 20.2. The predicted molar refractivity (Wildman–Crippen MR) is 119 cm³/mol. The molecule has 0 spiro atoms. The van der Waals surface area contributed by atoms with Gasteiger partial charge in [0.05, 0.1) is 23.5 Å². The largest absolute Gasteiger partial charge is 0.356 e. The van der Waals surface area contributed by atoms with E-state index in [0.29, 0.717) is 22.1 Å². The van der Waals surface area contributed by atoms with Gasteiger partial charge in [-0.25, -0.2) is 14.8 Å². The third-order valence-corrected chi connectivity index (χ3v) is 5.15. The van der Waals surface area contributed by atoms with Gasteiger partial charge in [-0.05, 0) is 30.3 Å². The average molecular weight is 430 g/mol. The SMILES string of the molecule is Cn1ccc(C(=O)NCC(=C=O)Nc2nc(-c3cccc(-c4ccncc4)n3)cs2)c1. The van der Waals surface area contributed by atoms with E-state index in [1.165, 1.54) is 11.3 Å². The number of thiazole rings is 1. The van der Waals surface area contributed by atoms with Crippen molar-refractivity contribution in [2.24, 2.45) is 7.05 Å². The van der Waals surface area contributed by atoms with Crippen LogP contribution < -0.4 is 10.6 Å². The van der Waals surface area contributed by atoms with E-state index in [4.69, 9.17) is 0 Å². The number of rotatable bonds is 7. The zero-order valence-corrected chi connectivity index (χ0v) is 17.4. The fraction of sp³-hybridized carbons (Fsp3) is 0.0909. The van der Waals surface area contributed by atoms with Crippen molar-refractivity contribution in [3.05, 3.63) is 77.8 Å². The van der Waals surface area contributed by atoms with E-state index in [-0.39, 0.29) is 18.1 Å². The number of carbonyl (C=O) groups is 1. The van der Waals surface area contributed by atoms with Gasteiger partial charge < -0.3 is 15.2 Å². The standard InChI is InChI=1S/C22H18N6O2S/c1-28-10-7-16(12-28)21(30)24-11-17(13-29)25-22-27-20(14-31-22)19-4-2-3-18(26-19)15-5-8-23-9-6-15/h2-10,12,14H,11H2,1H3,(H,24,30)(H,25,27). The maximum atomic E-state index is 12.1. The predicted octanol–water partition coefficient (Wildman–Crippen LogP) is 3.16. The van der Waals surface area contributed by atoms with Gasteiger partial charge in [-0.15, -0.1) is 11.3 Å². The van der Waals surface area contributed by atoms with Gasteiger partial charge in [0.1, 0.15) is 17.3 Å². The number of hydrogen-bond donors (Lipinski definition) is 2. The highest BCUT2D eigenvalue weighted by Gasteiger charge is 2.11. The molecule has 0 aliphatic rings. The summed E-state index contributed by atoms with van der Waals surface area (Å²) in [5.74, 6) is 1.55. The lowest BCUT2D eigenvalue weighted by atomic mass is 10.1. The van der Waals surface area contributed by atoms with E-state index in [9.17, 15) is 9.59 Å². The molecule has 0 fully saturated rings. The summed E-state index contributed by atoms with van der Waals surface area (Å²) >= 11 is 1.34. The lowest BCUT2D eigenvalue weighted by Gasteiger charge is -2.06. The second-order valence-electron chi connectivity index (χ2n) is 6.64. The lowest BCUT2D eigenvalue weighted by molar-refractivity contribution is 0.0957. The molecule has 0 radical (unpaired) electrons. The molecule has 0 aliphatic carbocycles.